The van der Waals surface area contributed by atoms with Crippen LogP contribution in [-0.2, 0) is 0 Å². The van der Waals surface area contributed by atoms with E-state index in [-0.39, 0.29) is 0 Å². The van der Waals surface area contributed by atoms with Gasteiger partial charge in [-0.3, -0.25) is 0 Å². The van der Waals surface area contributed by atoms with Gasteiger partial charge in [-0.15, -0.1) is 0 Å². The highest BCUT2D eigenvalue weighted by Crippen LogP contribution is 2.15. The Kier molecular flexibility index (Phi) is 5.95. The summed E-state index contributed by atoms with van der Waals surface area (Å²) in [6.07, 6.45) is -0.429. The Morgan fingerprint density at radius 2 is 1.76 bits per heavy atom. The van der Waals surface area contributed by atoms with Gasteiger partial charge in [0.15, 0.2) is 0 Å². The highest BCUT2D eigenvalue weighted by Gasteiger charge is 2.22. The van der Waals surface area contributed by atoms with Crippen molar-refractivity contribution in [2.24, 2.45) is 0 Å². The van der Waals surface area contributed by atoms with Gasteiger partial charge in [0.1, 0.15) is 25.0 Å². The zero-order valence-corrected chi connectivity index (χ0v) is 15.2. The maximum absolute atomic E-state index is 10.3. The van der Waals surface area contributed by atoms with Crippen LogP contribution in [0.2, 0.25) is 0 Å². The molecule has 3 rings (SSSR count). The molecule has 0 unspecified atom stereocenters. The van der Waals surface area contributed by atoms with Crippen LogP contribution in [0.5, 0.6) is 5.75 Å². The summed E-state index contributed by atoms with van der Waals surface area (Å²) in [4.78, 5) is 3.88. The number of ether oxygens (including phenoxy) is 1. The molecule has 4 nitrogen and oxygen atoms in total. The third kappa shape index (κ3) is 5.21. The number of aliphatic hydroxyl groups excluding tert-OH is 1. The SMILES string of the molecule is Cc1ccc(OC[C@@H](O)C[NH+]2CCN(c3cccc(C)c3)CC2)cc1. The van der Waals surface area contributed by atoms with Gasteiger partial charge in [-0.05, 0) is 43.7 Å². The Bertz CT molecular complexity index is 664. The second-order valence-corrected chi connectivity index (χ2v) is 7.06. The smallest absolute Gasteiger partial charge is 0.137 e. The molecule has 0 amide bonds. The van der Waals surface area contributed by atoms with Crippen LogP contribution >= 0.6 is 0 Å². The number of rotatable bonds is 6. The van der Waals surface area contributed by atoms with E-state index in [4.69, 9.17) is 4.74 Å². The molecule has 0 radical (unpaired) electrons. The molecule has 25 heavy (non-hydrogen) atoms. The fourth-order valence-electron chi connectivity index (χ4n) is 3.33. The minimum Gasteiger partial charge on any atom is -0.491 e. The molecule has 1 saturated heterocycles. The summed E-state index contributed by atoms with van der Waals surface area (Å²) in [7, 11) is 0. The summed E-state index contributed by atoms with van der Waals surface area (Å²) >= 11 is 0. The third-order valence-electron chi connectivity index (χ3n) is 4.83. The Hall–Kier alpha value is -2.04. The molecular weight excluding hydrogens is 312 g/mol. The summed E-state index contributed by atoms with van der Waals surface area (Å²) < 4.78 is 5.69. The number of nitrogens with one attached hydrogen (secondary N) is 1. The molecule has 4 heteroatoms. The van der Waals surface area contributed by atoms with Crippen molar-refractivity contribution in [3.8, 4) is 5.75 Å². The second kappa shape index (κ2) is 8.37. The van der Waals surface area contributed by atoms with Crippen LogP contribution in [0.3, 0.4) is 0 Å². The zero-order valence-electron chi connectivity index (χ0n) is 15.2. The average molecular weight is 341 g/mol. The van der Waals surface area contributed by atoms with Gasteiger partial charge >= 0.3 is 0 Å². The number of benzene rings is 2. The number of quaternary nitrogens is 1. The molecule has 2 aromatic carbocycles. The predicted octanol–water partition coefficient (Wildman–Crippen LogP) is 1.45. The Labute approximate surface area is 150 Å². The van der Waals surface area contributed by atoms with Crippen molar-refractivity contribution in [3.05, 3.63) is 59.7 Å². The Morgan fingerprint density at radius 3 is 2.44 bits per heavy atom. The standard InChI is InChI=1S/C21H28N2O2/c1-17-6-8-21(9-7-17)25-16-20(24)15-22-10-12-23(13-11-22)19-5-3-4-18(2)14-19/h3-9,14,20,24H,10-13,15-16H2,1-2H3/p+1/t20-/m0/s1. The first kappa shape index (κ1) is 17.8. The first-order valence-corrected chi connectivity index (χ1v) is 9.13. The van der Waals surface area contributed by atoms with Crippen LogP contribution < -0.4 is 14.5 Å². The molecule has 0 saturated carbocycles. The molecule has 134 valence electrons. The lowest BCUT2D eigenvalue weighted by Gasteiger charge is -2.34. The number of hydrogen-bond donors (Lipinski definition) is 2. The summed E-state index contributed by atoms with van der Waals surface area (Å²) in [6, 6.07) is 16.6. The Balaban J connectivity index is 1.41. The van der Waals surface area contributed by atoms with Crippen LogP contribution in [0.25, 0.3) is 0 Å². The molecule has 0 aromatic heterocycles. The van der Waals surface area contributed by atoms with Gasteiger partial charge in [-0.2, -0.15) is 0 Å². The first-order chi connectivity index (χ1) is 12.1. The minimum absolute atomic E-state index is 0.355. The fourth-order valence-corrected chi connectivity index (χ4v) is 3.33. The fraction of sp³-hybridized carbons (Fsp3) is 0.429. The summed E-state index contributed by atoms with van der Waals surface area (Å²) in [5.74, 6) is 0.823. The summed E-state index contributed by atoms with van der Waals surface area (Å²) in [6.45, 7) is 9.45. The van der Waals surface area contributed by atoms with Gasteiger partial charge in [-0.1, -0.05) is 29.8 Å². The molecule has 1 fully saturated rings. The molecule has 1 aliphatic heterocycles. The number of hydrogen-bond acceptors (Lipinski definition) is 3. The van der Waals surface area contributed by atoms with Gasteiger partial charge < -0.3 is 19.6 Å². The zero-order chi connectivity index (χ0) is 17.6. The number of aryl methyl sites for hydroxylation is 2. The minimum atomic E-state index is -0.429. The monoisotopic (exact) mass is 341 g/mol. The van der Waals surface area contributed by atoms with Gasteiger partial charge in [0.05, 0.1) is 26.2 Å². The van der Waals surface area contributed by atoms with E-state index in [1.165, 1.54) is 21.7 Å². The van der Waals surface area contributed by atoms with E-state index >= 15 is 0 Å². The molecule has 1 heterocycles. The van der Waals surface area contributed by atoms with Crippen molar-refractivity contribution in [3.63, 3.8) is 0 Å². The number of piperazine rings is 1. The van der Waals surface area contributed by atoms with Crippen molar-refractivity contribution in [1.29, 1.82) is 0 Å². The van der Waals surface area contributed by atoms with Crippen LogP contribution in [0.4, 0.5) is 5.69 Å². The van der Waals surface area contributed by atoms with Crippen LogP contribution in [-0.4, -0.2) is 50.5 Å². The molecule has 0 spiro atoms. The molecule has 2 N–H and O–H groups in total. The summed E-state index contributed by atoms with van der Waals surface area (Å²) in [5, 5.41) is 10.3. The summed E-state index contributed by atoms with van der Waals surface area (Å²) in [5.41, 5.74) is 3.82. The molecule has 0 bridgehead atoms. The van der Waals surface area contributed by atoms with Crippen LogP contribution in [0, 0.1) is 13.8 Å². The number of anilines is 1. The van der Waals surface area contributed by atoms with E-state index in [9.17, 15) is 5.11 Å². The first-order valence-electron chi connectivity index (χ1n) is 9.13. The topological polar surface area (TPSA) is 37.1 Å². The second-order valence-electron chi connectivity index (χ2n) is 7.06. The quantitative estimate of drug-likeness (QED) is 0.835. The van der Waals surface area contributed by atoms with Crippen molar-refractivity contribution in [1.82, 2.24) is 0 Å². The van der Waals surface area contributed by atoms with Crippen molar-refractivity contribution in [2.45, 2.75) is 20.0 Å². The Morgan fingerprint density at radius 1 is 1.04 bits per heavy atom. The van der Waals surface area contributed by atoms with Crippen molar-refractivity contribution >= 4 is 5.69 Å². The molecule has 1 aliphatic rings. The average Bonchev–Trinajstić information content (AvgIpc) is 2.62. The van der Waals surface area contributed by atoms with Gasteiger partial charge in [0, 0.05) is 5.69 Å². The molecular formula is C21H29N2O2+. The maximum Gasteiger partial charge on any atom is 0.137 e. The van der Waals surface area contributed by atoms with Gasteiger partial charge in [0.25, 0.3) is 0 Å². The maximum atomic E-state index is 10.3. The van der Waals surface area contributed by atoms with E-state index in [1.54, 1.807) is 0 Å². The van der Waals surface area contributed by atoms with Crippen molar-refractivity contribution in [2.75, 3.05) is 44.2 Å². The number of aliphatic hydroxyl groups is 1. The highest BCUT2D eigenvalue weighted by atomic mass is 16.5. The molecule has 1 atom stereocenters. The third-order valence-corrected chi connectivity index (χ3v) is 4.83. The van der Waals surface area contributed by atoms with Crippen LogP contribution in [0.1, 0.15) is 11.1 Å². The largest absolute Gasteiger partial charge is 0.491 e. The number of nitrogens with zero attached hydrogens (tertiary/aromatic N) is 1. The molecule has 0 aliphatic carbocycles. The van der Waals surface area contributed by atoms with E-state index in [2.05, 4.69) is 43.0 Å². The van der Waals surface area contributed by atoms with Gasteiger partial charge in [0.2, 0.25) is 0 Å². The lowest BCUT2D eigenvalue weighted by atomic mass is 10.2. The van der Waals surface area contributed by atoms with Crippen molar-refractivity contribution < 1.29 is 14.7 Å². The lowest BCUT2D eigenvalue weighted by molar-refractivity contribution is -0.903. The van der Waals surface area contributed by atoms with E-state index in [1.807, 2.05) is 24.3 Å². The van der Waals surface area contributed by atoms with Crippen LogP contribution in [0.15, 0.2) is 48.5 Å². The predicted molar refractivity (Wildman–Crippen MR) is 102 cm³/mol. The van der Waals surface area contributed by atoms with E-state index < -0.39 is 6.10 Å². The van der Waals surface area contributed by atoms with Gasteiger partial charge in [-0.25, -0.2) is 0 Å². The normalized spacial score (nSPS) is 16.7. The highest BCUT2D eigenvalue weighted by molar-refractivity contribution is 5.48. The van der Waals surface area contributed by atoms with E-state index in [0.717, 1.165) is 38.5 Å². The molecule has 2 aromatic rings. The van der Waals surface area contributed by atoms with E-state index in [0.29, 0.717) is 6.61 Å². The lowest BCUT2D eigenvalue weighted by Crippen LogP contribution is -3.16.